The van der Waals surface area contributed by atoms with Crippen molar-refractivity contribution in [3.8, 4) is 0 Å². The van der Waals surface area contributed by atoms with E-state index in [2.05, 4.69) is 43.5 Å². The molecule has 110 valence electrons. The van der Waals surface area contributed by atoms with Gasteiger partial charge in [0.25, 0.3) is 0 Å². The summed E-state index contributed by atoms with van der Waals surface area (Å²) in [5, 5.41) is 7.22. The number of carbonyl (C=O) groups excluding carboxylic acids is 1. The van der Waals surface area contributed by atoms with Crippen molar-refractivity contribution >= 4 is 21.8 Å². The standard InChI is InChI=1S/C15H17BrN4O/c16-13-4-1-3-12(9-13)15(6-2-7-15)19-14(21)5-8-20-11-17-10-18-20/h1,3-4,9-11H,2,5-8H2,(H,19,21). The highest BCUT2D eigenvalue weighted by Crippen LogP contribution is 2.41. The number of aryl methyl sites for hydroxylation is 1. The van der Waals surface area contributed by atoms with E-state index in [0.717, 1.165) is 23.7 Å². The molecule has 1 aromatic heterocycles. The SMILES string of the molecule is O=C(CCn1cncn1)NC1(c2cccc(Br)c2)CCC1. The van der Waals surface area contributed by atoms with Gasteiger partial charge < -0.3 is 5.32 Å². The van der Waals surface area contributed by atoms with Gasteiger partial charge in [-0.2, -0.15) is 5.10 Å². The van der Waals surface area contributed by atoms with Crippen molar-refractivity contribution in [2.45, 2.75) is 37.8 Å². The number of hydrogen-bond acceptors (Lipinski definition) is 3. The van der Waals surface area contributed by atoms with Gasteiger partial charge in [0, 0.05) is 10.9 Å². The molecule has 21 heavy (non-hydrogen) atoms. The minimum atomic E-state index is -0.191. The Morgan fingerprint density at radius 3 is 2.90 bits per heavy atom. The Hall–Kier alpha value is -1.69. The van der Waals surface area contributed by atoms with Crippen molar-refractivity contribution in [3.63, 3.8) is 0 Å². The molecule has 0 aliphatic heterocycles. The number of nitrogens with zero attached hydrogens (tertiary/aromatic N) is 3. The van der Waals surface area contributed by atoms with Gasteiger partial charge in [-0.05, 0) is 37.0 Å². The van der Waals surface area contributed by atoms with E-state index in [0.29, 0.717) is 13.0 Å². The van der Waals surface area contributed by atoms with Crippen molar-refractivity contribution in [3.05, 3.63) is 47.0 Å². The molecule has 0 bridgehead atoms. The average Bonchev–Trinajstić information content (AvgIpc) is 2.94. The first-order chi connectivity index (χ1) is 10.2. The minimum Gasteiger partial charge on any atom is -0.347 e. The lowest BCUT2D eigenvalue weighted by Crippen LogP contribution is -2.50. The fourth-order valence-electron chi connectivity index (χ4n) is 2.70. The van der Waals surface area contributed by atoms with Gasteiger partial charge in [0.15, 0.2) is 0 Å². The molecule has 1 N–H and O–H groups in total. The van der Waals surface area contributed by atoms with Crippen LogP contribution in [0.15, 0.2) is 41.4 Å². The van der Waals surface area contributed by atoms with Crippen LogP contribution in [0.2, 0.25) is 0 Å². The normalized spacial score (nSPS) is 16.2. The molecule has 1 heterocycles. The molecule has 6 heteroatoms. The van der Waals surface area contributed by atoms with Crippen LogP contribution in [-0.4, -0.2) is 20.7 Å². The monoisotopic (exact) mass is 348 g/mol. The molecular formula is C15H17BrN4O. The average molecular weight is 349 g/mol. The van der Waals surface area contributed by atoms with Gasteiger partial charge in [-0.15, -0.1) is 0 Å². The van der Waals surface area contributed by atoms with Gasteiger partial charge in [0.2, 0.25) is 5.91 Å². The molecule has 0 saturated heterocycles. The van der Waals surface area contributed by atoms with Crippen LogP contribution in [0.3, 0.4) is 0 Å². The summed E-state index contributed by atoms with van der Waals surface area (Å²) in [5.74, 6) is 0.0603. The van der Waals surface area contributed by atoms with Crippen LogP contribution in [0.5, 0.6) is 0 Å². The van der Waals surface area contributed by atoms with E-state index in [9.17, 15) is 4.79 Å². The Morgan fingerprint density at radius 1 is 1.43 bits per heavy atom. The second-order valence-corrected chi connectivity index (χ2v) is 6.32. The minimum absolute atomic E-state index is 0.0603. The molecule has 1 fully saturated rings. The summed E-state index contributed by atoms with van der Waals surface area (Å²) in [6.07, 6.45) is 6.67. The number of amides is 1. The summed E-state index contributed by atoms with van der Waals surface area (Å²) >= 11 is 3.50. The van der Waals surface area contributed by atoms with Gasteiger partial charge in [-0.1, -0.05) is 28.1 Å². The van der Waals surface area contributed by atoms with Crippen LogP contribution in [-0.2, 0) is 16.9 Å². The van der Waals surface area contributed by atoms with Crippen LogP contribution in [0.1, 0.15) is 31.2 Å². The second kappa shape index (κ2) is 5.97. The first-order valence-electron chi connectivity index (χ1n) is 7.07. The molecule has 3 rings (SSSR count). The van der Waals surface area contributed by atoms with Crippen LogP contribution < -0.4 is 5.32 Å². The summed E-state index contributed by atoms with van der Waals surface area (Å²) in [5.41, 5.74) is 0.987. The van der Waals surface area contributed by atoms with Gasteiger partial charge in [0.05, 0.1) is 12.1 Å². The molecule has 0 spiro atoms. The molecule has 0 radical (unpaired) electrons. The highest BCUT2D eigenvalue weighted by Gasteiger charge is 2.39. The lowest BCUT2D eigenvalue weighted by atomic mass is 9.71. The molecule has 0 atom stereocenters. The van der Waals surface area contributed by atoms with Gasteiger partial charge >= 0.3 is 0 Å². The number of halogens is 1. The number of hydrogen-bond donors (Lipinski definition) is 1. The maximum atomic E-state index is 12.2. The van der Waals surface area contributed by atoms with E-state index in [-0.39, 0.29) is 11.4 Å². The van der Waals surface area contributed by atoms with Gasteiger partial charge in [0.1, 0.15) is 12.7 Å². The van der Waals surface area contributed by atoms with Crippen molar-refractivity contribution < 1.29 is 4.79 Å². The first-order valence-corrected chi connectivity index (χ1v) is 7.87. The highest BCUT2D eigenvalue weighted by atomic mass is 79.9. The van der Waals surface area contributed by atoms with Crippen LogP contribution in [0.4, 0.5) is 0 Å². The molecular weight excluding hydrogens is 332 g/mol. The van der Waals surface area contributed by atoms with Crippen LogP contribution in [0, 0.1) is 0 Å². The topological polar surface area (TPSA) is 59.8 Å². The molecule has 1 saturated carbocycles. The quantitative estimate of drug-likeness (QED) is 0.903. The maximum Gasteiger partial charge on any atom is 0.222 e. The summed E-state index contributed by atoms with van der Waals surface area (Å²) in [6, 6.07) is 8.20. The van der Waals surface area contributed by atoms with E-state index in [1.807, 2.05) is 12.1 Å². The summed E-state index contributed by atoms with van der Waals surface area (Å²) in [6.45, 7) is 0.556. The molecule has 1 aliphatic carbocycles. The lowest BCUT2D eigenvalue weighted by Gasteiger charge is -2.43. The number of rotatable bonds is 5. The fraction of sp³-hybridized carbons (Fsp3) is 0.400. The summed E-state index contributed by atoms with van der Waals surface area (Å²) in [4.78, 5) is 16.1. The Kier molecular flexibility index (Phi) is 4.05. The zero-order valence-corrected chi connectivity index (χ0v) is 13.2. The molecule has 2 aromatic rings. The predicted molar refractivity (Wildman–Crippen MR) is 82.5 cm³/mol. The third-order valence-corrected chi connectivity index (χ3v) is 4.49. The van der Waals surface area contributed by atoms with E-state index >= 15 is 0 Å². The second-order valence-electron chi connectivity index (χ2n) is 5.40. The number of nitrogens with one attached hydrogen (secondary N) is 1. The highest BCUT2D eigenvalue weighted by molar-refractivity contribution is 9.10. The predicted octanol–water partition coefficient (Wildman–Crippen LogP) is 2.63. The first kappa shape index (κ1) is 14.3. The number of benzene rings is 1. The Bertz CT molecular complexity index is 622. The zero-order chi connectivity index (χ0) is 14.7. The third kappa shape index (κ3) is 3.15. The largest absolute Gasteiger partial charge is 0.347 e. The molecule has 5 nitrogen and oxygen atoms in total. The zero-order valence-electron chi connectivity index (χ0n) is 11.6. The van der Waals surface area contributed by atoms with Crippen molar-refractivity contribution in [2.24, 2.45) is 0 Å². The van der Waals surface area contributed by atoms with Crippen molar-refractivity contribution in [2.75, 3.05) is 0 Å². The number of carbonyl (C=O) groups is 1. The van der Waals surface area contributed by atoms with Gasteiger partial charge in [-0.25, -0.2) is 4.98 Å². The van der Waals surface area contributed by atoms with Crippen LogP contribution in [0.25, 0.3) is 0 Å². The third-order valence-electron chi connectivity index (χ3n) is 4.00. The Labute approximate surface area is 131 Å². The van der Waals surface area contributed by atoms with Crippen molar-refractivity contribution in [1.29, 1.82) is 0 Å². The van der Waals surface area contributed by atoms with Crippen molar-refractivity contribution in [1.82, 2.24) is 20.1 Å². The molecule has 0 unspecified atom stereocenters. The molecule has 1 aromatic carbocycles. The van der Waals surface area contributed by atoms with Crippen LogP contribution >= 0.6 is 15.9 Å². The summed E-state index contributed by atoms with van der Waals surface area (Å²) in [7, 11) is 0. The lowest BCUT2D eigenvalue weighted by molar-refractivity contribution is -0.124. The summed E-state index contributed by atoms with van der Waals surface area (Å²) < 4.78 is 2.72. The maximum absolute atomic E-state index is 12.2. The fourth-order valence-corrected chi connectivity index (χ4v) is 3.10. The Balaban J connectivity index is 1.65. The van der Waals surface area contributed by atoms with E-state index in [1.165, 1.54) is 11.9 Å². The molecule has 1 amide bonds. The van der Waals surface area contributed by atoms with E-state index < -0.39 is 0 Å². The van der Waals surface area contributed by atoms with E-state index in [4.69, 9.17) is 0 Å². The molecule has 1 aliphatic rings. The van der Waals surface area contributed by atoms with Gasteiger partial charge in [-0.3, -0.25) is 9.48 Å². The number of aromatic nitrogens is 3. The van der Waals surface area contributed by atoms with E-state index in [1.54, 1.807) is 11.0 Å². The smallest absolute Gasteiger partial charge is 0.222 e. The Morgan fingerprint density at radius 2 is 2.29 bits per heavy atom.